The Labute approximate surface area is 95.4 Å². The number of aliphatic hydroxyl groups is 1. The molecule has 0 fully saturated rings. The molecule has 0 aliphatic carbocycles. The fourth-order valence-electron chi connectivity index (χ4n) is 1.19. The molecule has 0 bridgehead atoms. The number of aliphatic hydroxyl groups excluding tert-OH is 1. The summed E-state index contributed by atoms with van der Waals surface area (Å²) in [5.41, 5.74) is 2.11. The number of carbonyl (C=O) groups excluding carboxylic acids is 1. The second-order valence-electron chi connectivity index (χ2n) is 3.47. The zero-order valence-corrected chi connectivity index (χ0v) is 9.51. The lowest BCUT2D eigenvalue weighted by atomic mass is 10.1. The molecule has 1 aromatic carbocycles. The fourth-order valence-corrected chi connectivity index (χ4v) is 1.19. The average Bonchev–Trinajstić information content (AvgIpc) is 2.28. The van der Waals surface area contributed by atoms with E-state index in [1.807, 2.05) is 31.2 Å². The van der Waals surface area contributed by atoms with Gasteiger partial charge in [-0.2, -0.15) is 0 Å². The minimum atomic E-state index is -1.19. The third-order valence-corrected chi connectivity index (χ3v) is 2.08. The second kappa shape index (κ2) is 6.08. The van der Waals surface area contributed by atoms with Crippen LogP contribution in [0.4, 0.5) is 0 Å². The molecule has 16 heavy (non-hydrogen) atoms. The summed E-state index contributed by atoms with van der Waals surface area (Å²) in [5, 5.41) is 9.40. The van der Waals surface area contributed by atoms with Gasteiger partial charge >= 0.3 is 5.97 Å². The van der Waals surface area contributed by atoms with Crippen molar-refractivity contribution in [2.75, 3.05) is 6.61 Å². The molecule has 0 unspecified atom stereocenters. The molecule has 1 N–H and O–H groups in total. The summed E-state index contributed by atoms with van der Waals surface area (Å²) in [7, 11) is 0. The molecule has 0 radical (unpaired) electrons. The lowest BCUT2D eigenvalue weighted by molar-refractivity contribution is -0.150. The van der Waals surface area contributed by atoms with Gasteiger partial charge < -0.3 is 9.84 Å². The van der Waals surface area contributed by atoms with Crippen molar-refractivity contribution in [3.63, 3.8) is 0 Å². The maximum atomic E-state index is 11.1. The van der Waals surface area contributed by atoms with Gasteiger partial charge in [0.15, 0.2) is 6.10 Å². The molecule has 1 rings (SSSR count). The lowest BCUT2D eigenvalue weighted by Gasteiger charge is -2.04. The molecule has 1 atom stereocenters. The van der Waals surface area contributed by atoms with E-state index in [0.717, 1.165) is 5.56 Å². The van der Waals surface area contributed by atoms with E-state index in [1.165, 1.54) is 11.6 Å². The maximum Gasteiger partial charge on any atom is 0.339 e. The van der Waals surface area contributed by atoms with Crippen LogP contribution in [0.25, 0.3) is 6.08 Å². The first-order valence-corrected chi connectivity index (χ1v) is 5.23. The number of esters is 1. The predicted molar refractivity (Wildman–Crippen MR) is 62.9 cm³/mol. The summed E-state index contributed by atoms with van der Waals surface area (Å²) in [6, 6.07) is 7.78. The summed E-state index contributed by atoms with van der Waals surface area (Å²) < 4.78 is 4.67. The summed E-state index contributed by atoms with van der Waals surface area (Å²) >= 11 is 0. The standard InChI is InChI=1S/C13H16O3/c1-3-16-13(15)12(14)9-8-11-6-4-10(2)5-7-11/h4-9,12,14H,3H2,1-2H3/b9-8+/t12-/m0/s1. The highest BCUT2D eigenvalue weighted by atomic mass is 16.5. The highest BCUT2D eigenvalue weighted by molar-refractivity contribution is 5.77. The van der Waals surface area contributed by atoms with Crippen molar-refractivity contribution in [2.24, 2.45) is 0 Å². The van der Waals surface area contributed by atoms with Crippen LogP contribution in [0.2, 0.25) is 0 Å². The van der Waals surface area contributed by atoms with Gasteiger partial charge in [0.25, 0.3) is 0 Å². The minimum Gasteiger partial charge on any atom is -0.464 e. The smallest absolute Gasteiger partial charge is 0.339 e. The van der Waals surface area contributed by atoms with Crippen LogP contribution in [0.1, 0.15) is 18.1 Å². The number of aryl methyl sites for hydroxylation is 1. The lowest BCUT2D eigenvalue weighted by Crippen LogP contribution is -2.20. The third-order valence-electron chi connectivity index (χ3n) is 2.08. The Morgan fingerprint density at radius 3 is 2.62 bits per heavy atom. The van der Waals surface area contributed by atoms with Gasteiger partial charge in [0, 0.05) is 0 Å². The van der Waals surface area contributed by atoms with Gasteiger partial charge in [-0.3, -0.25) is 0 Å². The molecule has 0 amide bonds. The van der Waals surface area contributed by atoms with Crippen molar-refractivity contribution in [3.05, 3.63) is 41.5 Å². The summed E-state index contributed by atoms with van der Waals surface area (Å²) in [4.78, 5) is 11.1. The first-order valence-electron chi connectivity index (χ1n) is 5.23. The van der Waals surface area contributed by atoms with Gasteiger partial charge in [0.05, 0.1) is 6.61 Å². The predicted octanol–water partition coefficient (Wildman–Crippen LogP) is 1.93. The number of benzene rings is 1. The Hall–Kier alpha value is -1.61. The quantitative estimate of drug-likeness (QED) is 0.789. The largest absolute Gasteiger partial charge is 0.464 e. The minimum absolute atomic E-state index is 0.272. The molecule has 0 aliphatic heterocycles. The van der Waals surface area contributed by atoms with Gasteiger partial charge in [0.1, 0.15) is 0 Å². The zero-order valence-electron chi connectivity index (χ0n) is 9.51. The van der Waals surface area contributed by atoms with Crippen LogP contribution in [0.15, 0.2) is 30.3 Å². The normalized spacial score (nSPS) is 12.7. The van der Waals surface area contributed by atoms with Gasteiger partial charge in [-0.25, -0.2) is 4.79 Å². The Bertz CT molecular complexity index is 365. The van der Waals surface area contributed by atoms with E-state index >= 15 is 0 Å². The van der Waals surface area contributed by atoms with Crippen molar-refractivity contribution >= 4 is 12.0 Å². The third kappa shape index (κ3) is 3.87. The van der Waals surface area contributed by atoms with E-state index in [1.54, 1.807) is 13.0 Å². The summed E-state index contributed by atoms with van der Waals surface area (Å²) in [6.07, 6.45) is 1.92. The van der Waals surface area contributed by atoms with Crippen LogP contribution in [0.3, 0.4) is 0 Å². The highest BCUT2D eigenvalue weighted by Crippen LogP contribution is 2.06. The van der Waals surface area contributed by atoms with E-state index in [-0.39, 0.29) is 6.61 Å². The van der Waals surface area contributed by atoms with Crippen LogP contribution in [-0.2, 0) is 9.53 Å². The molecule has 0 spiro atoms. The first kappa shape index (κ1) is 12.5. The summed E-state index contributed by atoms with van der Waals surface area (Å²) in [5.74, 6) is -0.620. The number of hydrogen-bond acceptors (Lipinski definition) is 3. The van der Waals surface area contributed by atoms with E-state index < -0.39 is 12.1 Å². The Kier molecular flexibility index (Phi) is 4.73. The summed E-state index contributed by atoms with van der Waals surface area (Å²) in [6.45, 7) is 3.98. The van der Waals surface area contributed by atoms with Crippen LogP contribution in [0.5, 0.6) is 0 Å². The number of rotatable bonds is 4. The highest BCUT2D eigenvalue weighted by Gasteiger charge is 2.11. The number of hydrogen-bond donors (Lipinski definition) is 1. The Balaban J connectivity index is 2.59. The molecular weight excluding hydrogens is 204 g/mol. The first-order chi connectivity index (χ1) is 7.63. The monoisotopic (exact) mass is 220 g/mol. The van der Waals surface area contributed by atoms with Crippen molar-refractivity contribution in [3.8, 4) is 0 Å². The molecule has 0 saturated heterocycles. The molecule has 0 heterocycles. The molecule has 0 aliphatic rings. The topological polar surface area (TPSA) is 46.5 Å². The molecule has 86 valence electrons. The van der Waals surface area contributed by atoms with Crippen LogP contribution in [-0.4, -0.2) is 23.8 Å². The van der Waals surface area contributed by atoms with Crippen molar-refractivity contribution in [1.82, 2.24) is 0 Å². The SMILES string of the molecule is CCOC(=O)[C@@H](O)/C=C/c1ccc(C)cc1. The van der Waals surface area contributed by atoms with Gasteiger partial charge in [-0.15, -0.1) is 0 Å². The Morgan fingerprint density at radius 2 is 2.06 bits per heavy atom. The number of ether oxygens (including phenoxy) is 1. The molecule has 3 nitrogen and oxygen atoms in total. The maximum absolute atomic E-state index is 11.1. The van der Waals surface area contributed by atoms with E-state index in [0.29, 0.717) is 0 Å². The molecular formula is C13H16O3. The van der Waals surface area contributed by atoms with Crippen LogP contribution >= 0.6 is 0 Å². The van der Waals surface area contributed by atoms with Crippen molar-refractivity contribution < 1.29 is 14.6 Å². The second-order valence-corrected chi connectivity index (χ2v) is 3.47. The van der Waals surface area contributed by atoms with Crippen molar-refractivity contribution in [1.29, 1.82) is 0 Å². The Morgan fingerprint density at radius 1 is 1.44 bits per heavy atom. The molecule has 1 aromatic rings. The van der Waals surface area contributed by atoms with Gasteiger partial charge in [-0.1, -0.05) is 35.9 Å². The molecule has 3 heteroatoms. The number of carbonyl (C=O) groups is 1. The van der Waals surface area contributed by atoms with Gasteiger partial charge in [0.2, 0.25) is 0 Å². The van der Waals surface area contributed by atoms with Gasteiger partial charge in [-0.05, 0) is 25.5 Å². The molecule has 0 saturated carbocycles. The van der Waals surface area contributed by atoms with E-state index in [9.17, 15) is 9.90 Å². The molecule has 0 aromatic heterocycles. The zero-order chi connectivity index (χ0) is 12.0. The van der Waals surface area contributed by atoms with Crippen molar-refractivity contribution in [2.45, 2.75) is 20.0 Å². The van der Waals surface area contributed by atoms with E-state index in [2.05, 4.69) is 4.74 Å². The van der Waals surface area contributed by atoms with Crippen LogP contribution in [0, 0.1) is 6.92 Å². The van der Waals surface area contributed by atoms with Crippen LogP contribution < -0.4 is 0 Å². The van der Waals surface area contributed by atoms with E-state index in [4.69, 9.17) is 0 Å². The average molecular weight is 220 g/mol. The fraction of sp³-hybridized carbons (Fsp3) is 0.308.